The molecule has 1 aliphatic rings. The molecule has 0 heterocycles. The Bertz CT molecular complexity index is 413. The summed E-state index contributed by atoms with van der Waals surface area (Å²) in [5, 5.41) is 4.44. The predicted molar refractivity (Wildman–Crippen MR) is 85.5 cm³/mol. The van der Waals surface area contributed by atoms with Gasteiger partial charge in [-0.15, -0.1) is 0 Å². The number of halogens is 1. The average Bonchev–Trinajstić information content (AvgIpc) is 2.47. The van der Waals surface area contributed by atoms with Crippen LogP contribution in [-0.2, 0) is 6.54 Å². The summed E-state index contributed by atoms with van der Waals surface area (Å²) in [5.74, 6) is 1.83. The SMILES string of the molecule is CCCC1CCC(NCc2c(Cl)cccc2OC)CC1. The monoisotopic (exact) mass is 295 g/mol. The first-order chi connectivity index (χ1) is 9.74. The van der Waals surface area contributed by atoms with E-state index in [-0.39, 0.29) is 0 Å². The Kier molecular flexibility index (Phi) is 6.18. The third-order valence-electron chi connectivity index (χ3n) is 4.41. The lowest BCUT2D eigenvalue weighted by atomic mass is 9.83. The topological polar surface area (TPSA) is 21.3 Å². The Morgan fingerprint density at radius 3 is 2.65 bits per heavy atom. The van der Waals surface area contributed by atoms with Crippen LogP contribution in [0.25, 0.3) is 0 Å². The van der Waals surface area contributed by atoms with E-state index in [9.17, 15) is 0 Å². The minimum absolute atomic E-state index is 0.629. The van der Waals surface area contributed by atoms with Crippen molar-refractivity contribution in [1.29, 1.82) is 0 Å². The Balaban J connectivity index is 1.84. The number of hydrogen-bond acceptors (Lipinski definition) is 2. The molecule has 3 heteroatoms. The molecule has 0 unspecified atom stereocenters. The van der Waals surface area contributed by atoms with Gasteiger partial charge in [-0.3, -0.25) is 0 Å². The molecular formula is C17H26ClNO. The lowest BCUT2D eigenvalue weighted by Crippen LogP contribution is -2.32. The first-order valence-corrected chi connectivity index (χ1v) is 8.17. The number of methoxy groups -OCH3 is 1. The summed E-state index contributed by atoms with van der Waals surface area (Å²) in [6, 6.07) is 6.46. The van der Waals surface area contributed by atoms with Crippen LogP contribution < -0.4 is 10.1 Å². The van der Waals surface area contributed by atoms with Gasteiger partial charge in [0.05, 0.1) is 7.11 Å². The second-order valence-corrected chi connectivity index (χ2v) is 6.22. The molecule has 0 aromatic heterocycles. The van der Waals surface area contributed by atoms with Gasteiger partial charge >= 0.3 is 0 Å². The van der Waals surface area contributed by atoms with Gasteiger partial charge in [0.15, 0.2) is 0 Å². The fourth-order valence-corrected chi connectivity index (χ4v) is 3.44. The maximum absolute atomic E-state index is 6.27. The van der Waals surface area contributed by atoms with E-state index in [0.717, 1.165) is 28.8 Å². The van der Waals surface area contributed by atoms with Crippen molar-refractivity contribution < 1.29 is 4.74 Å². The highest BCUT2D eigenvalue weighted by Crippen LogP contribution is 2.29. The molecule has 1 fully saturated rings. The second kappa shape index (κ2) is 7.90. The molecule has 0 spiro atoms. The molecule has 0 bridgehead atoms. The fourth-order valence-electron chi connectivity index (χ4n) is 3.21. The number of nitrogens with one attached hydrogen (secondary N) is 1. The number of hydrogen-bond donors (Lipinski definition) is 1. The highest BCUT2D eigenvalue weighted by molar-refractivity contribution is 6.31. The number of ether oxygens (including phenoxy) is 1. The molecule has 2 rings (SSSR count). The number of rotatable bonds is 6. The minimum Gasteiger partial charge on any atom is -0.496 e. The van der Waals surface area contributed by atoms with Crippen molar-refractivity contribution in [3.8, 4) is 5.75 Å². The largest absolute Gasteiger partial charge is 0.496 e. The summed E-state index contributed by atoms with van der Waals surface area (Å²) >= 11 is 6.27. The van der Waals surface area contributed by atoms with E-state index in [0.29, 0.717) is 6.04 Å². The molecule has 1 saturated carbocycles. The van der Waals surface area contributed by atoms with Crippen molar-refractivity contribution >= 4 is 11.6 Å². The molecule has 1 aromatic carbocycles. The van der Waals surface area contributed by atoms with Gasteiger partial charge in [0.2, 0.25) is 0 Å². The molecule has 1 N–H and O–H groups in total. The van der Waals surface area contributed by atoms with Gasteiger partial charge < -0.3 is 10.1 Å². The summed E-state index contributed by atoms with van der Waals surface area (Å²) in [6.07, 6.45) is 8.02. The van der Waals surface area contributed by atoms with E-state index in [2.05, 4.69) is 12.2 Å². The van der Waals surface area contributed by atoms with Crippen LogP contribution in [0.2, 0.25) is 5.02 Å². The van der Waals surface area contributed by atoms with Crippen molar-refractivity contribution in [1.82, 2.24) is 5.32 Å². The van der Waals surface area contributed by atoms with Crippen LogP contribution in [0.15, 0.2) is 18.2 Å². The highest BCUT2D eigenvalue weighted by Gasteiger charge is 2.20. The zero-order valence-electron chi connectivity index (χ0n) is 12.6. The molecule has 0 aliphatic heterocycles. The molecule has 0 atom stereocenters. The van der Waals surface area contributed by atoms with Crippen molar-refractivity contribution in [3.63, 3.8) is 0 Å². The average molecular weight is 296 g/mol. The standard InChI is InChI=1S/C17H26ClNO/c1-3-5-13-8-10-14(11-9-13)19-12-15-16(18)6-4-7-17(15)20-2/h4,6-7,13-14,19H,3,5,8-12H2,1-2H3. The zero-order chi connectivity index (χ0) is 14.4. The molecule has 0 radical (unpaired) electrons. The van der Waals surface area contributed by atoms with Crippen LogP contribution in [0.1, 0.15) is 51.0 Å². The Morgan fingerprint density at radius 2 is 2.00 bits per heavy atom. The van der Waals surface area contributed by atoms with Crippen LogP contribution >= 0.6 is 11.6 Å². The fraction of sp³-hybridized carbons (Fsp3) is 0.647. The lowest BCUT2D eigenvalue weighted by Gasteiger charge is -2.29. The summed E-state index contributed by atoms with van der Waals surface area (Å²) in [7, 11) is 1.70. The van der Waals surface area contributed by atoms with Crippen molar-refractivity contribution in [2.75, 3.05) is 7.11 Å². The Labute approximate surface area is 127 Å². The molecular weight excluding hydrogens is 270 g/mol. The molecule has 112 valence electrons. The van der Waals surface area contributed by atoms with Gasteiger partial charge in [-0.05, 0) is 43.7 Å². The lowest BCUT2D eigenvalue weighted by molar-refractivity contribution is 0.277. The van der Waals surface area contributed by atoms with Crippen LogP contribution in [0.5, 0.6) is 5.75 Å². The van der Waals surface area contributed by atoms with E-state index in [1.165, 1.54) is 38.5 Å². The Morgan fingerprint density at radius 1 is 1.25 bits per heavy atom. The first-order valence-electron chi connectivity index (χ1n) is 7.79. The van der Waals surface area contributed by atoms with Gasteiger partial charge in [-0.1, -0.05) is 37.4 Å². The van der Waals surface area contributed by atoms with Gasteiger partial charge in [0, 0.05) is 23.2 Å². The maximum atomic E-state index is 6.27. The van der Waals surface area contributed by atoms with Crippen LogP contribution in [0.3, 0.4) is 0 Å². The van der Waals surface area contributed by atoms with Crippen molar-refractivity contribution in [3.05, 3.63) is 28.8 Å². The van der Waals surface area contributed by atoms with Crippen LogP contribution in [-0.4, -0.2) is 13.2 Å². The third kappa shape index (κ3) is 4.13. The molecule has 0 amide bonds. The van der Waals surface area contributed by atoms with Gasteiger partial charge in [0.25, 0.3) is 0 Å². The van der Waals surface area contributed by atoms with E-state index in [4.69, 9.17) is 16.3 Å². The van der Waals surface area contributed by atoms with Crippen molar-refractivity contribution in [2.24, 2.45) is 5.92 Å². The van der Waals surface area contributed by atoms with E-state index in [1.807, 2.05) is 18.2 Å². The summed E-state index contributed by atoms with van der Waals surface area (Å²) in [4.78, 5) is 0. The molecule has 1 aromatic rings. The highest BCUT2D eigenvalue weighted by atomic mass is 35.5. The Hall–Kier alpha value is -0.730. The van der Waals surface area contributed by atoms with E-state index in [1.54, 1.807) is 7.11 Å². The smallest absolute Gasteiger partial charge is 0.124 e. The summed E-state index contributed by atoms with van der Waals surface area (Å²) < 4.78 is 5.39. The van der Waals surface area contributed by atoms with Gasteiger partial charge in [0.1, 0.15) is 5.75 Å². The summed E-state index contributed by atoms with van der Waals surface area (Å²) in [5.41, 5.74) is 1.08. The summed E-state index contributed by atoms with van der Waals surface area (Å²) in [6.45, 7) is 3.08. The van der Waals surface area contributed by atoms with Crippen LogP contribution in [0.4, 0.5) is 0 Å². The molecule has 20 heavy (non-hydrogen) atoms. The normalized spacial score (nSPS) is 22.8. The van der Waals surface area contributed by atoms with Gasteiger partial charge in [-0.25, -0.2) is 0 Å². The second-order valence-electron chi connectivity index (χ2n) is 5.81. The predicted octanol–water partition coefficient (Wildman–Crippen LogP) is 4.80. The van der Waals surface area contributed by atoms with Gasteiger partial charge in [-0.2, -0.15) is 0 Å². The zero-order valence-corrected chi connectivity index (χ0v) is 13.4. The maximum Gasteiger partial charge on any atom is 0.124 e. The molecule has 0 saturated heterocycles. The van der Waals surface area contributed by atoms with Crippen molar-refractivity contribution in [2.45, 2.75) is 58.0 Å². The van der Waals surface area contributed by atoms with Crippen LogP contribution in [0, 0.1) is 5.92 Å². The molecule has 2 nitrogen and oxygen atoms in total. The molecule has 1 aliphatic carbocycles. The third-order valence-corrected chi connectivity index (χ3v) is 4.76. The number of benzene rings is 1. The first kappa shape index (κ1) is 15.7. The quantitative estimate of drug-likeness (QED) is 0.814. The van der Waals surface area contributed by atoms with E-state index < -0.39 is 0 Å². The minimum atomic E-state index is 0.629. The van der Waals surface area contributed by atoms with E-state index >= 15 is 0 Å².